The first-order valence-electron chi connectivity index (χ1n) is 4.31. The second-order valence-electron chi connectivity index (χ2n) is 3.28. The summed E-state index contributed by atoms with van der Waals surface area (Å²) in [6.45, 7) is 1.51. The summed E-state index contributed by atoms with van der Waals surface area (Å²) in [6, 6.07) is 3.45. The number of amides is 1. The Morgan fingerprint density at radius 3 is 2.80 bits per heavy atom. The Labute approximate surface area is 100 Å². The number of hydrogen-bond donors (Lipinski definition) is 0. The van der Waals surface area contributed by atoms with Crippen LogP contribution in [0.25, 0.3) is 0 Å². The zero-order valence-electron chi connectivity index (χ0n) is 7.88. The Morgan fingerprint density at radius 1 is 1.53 bits per heavy atom. The van der Waals surface area contributed by atoms with Crippen LogP contribution < -0.4 is 4.90 Å². The Hall–Kier alpha value is -0.870. The molecule has 0 aliphatic carbocycles. The summed E-state index contributed by atoms with van der Waals surface area (Å²) in [6.07, 6.45) is 0. The molecule has 3 nitrogen and oxygen atoms in total. The first-order chi connectivity index (χ1) is 7.02. The third-order valence-electron chi connectivity index (χ3n) is 2.32. The van der Waals surface area contributed by atoms with Crippen molar-refractivity contribution in [3.8, 4) is 0 Å². The molecule has 0 atom stereocenters. The fraction of sp³-hybridized carbons (Fsp3) is 0.200. The molecule has 0 saturated heterocycles. The molecular formula is C10H7BrClNO2. The largest absolute Gasteiger partial charge is 0.304 e. The molecule has 0 N–H and O–H groups in total. The Kier molecular flexibility index (Phi) is 2.56. The van der Waals surface area contributed by atoms with Gasteiger partial charge < -0.3 is 4.90 Å². The molecule has 0 bridgehead atoms. The molecule has 0 fully saturated rings. The number of hydrogen-bond acceptors (Lipinski definition) is 2. The normalized spacial score (nSPS) is 14.3. The predicted octanol–water partition coefficient (Wildman–Crippen LogP) is 2.65. The van der Waals surface area contributed by atoms with Crippen LogP contribution >= 0.6 is 27.5 Å². The van der Waals surface area contributed by atoms with E-state index >= 15 is 0 Å². The van der Waals surface area contributed by atoms with Gasteiger partial charge in [-0.05, 0) is 28.1 Å². The number of ketones is 1. The average Bonchev–Trinajstić information content (AvgIpc) is 2.50. The van der Waals surface area contributed by atoms with Crippen molar-refractivity contribution < 1.29 is 9.59 Å². The van der Waals surface area contributed by atoms with Gasteiger partial charge in [0.05, 0.1) is 22.8 Å². The van der Waals surface area contributed by atoms with Gasteiger partial charge in [0.15, 0.2) is 5.78 Å². The monoisotopic (exact) mass is 287 g/mol. The van der Waals surface area contributed by atoms with Gasteiger partial charge in [0.25, 0.3) is 0 Å². The molecular weight excluding hydrogens is 281 g/mol. The second kappa shape index (κ2) is 3.61. The summed E-state index contributed by atoms with van der Waals surface area (Å²) < 4.78 is 0.668. The molecule has 1 aromatic carbocycles. The lowest BCUT2D eigenvalue weighted by Crippen LogP contribution is -2.27. The Balaban J connectivity index is 2.64. The lowest BCUT2D eigenvalue weighted by atomic mass is 10.1. The summed E-state index contributed by atoms with van der Waals surface area (Å²) >= 11 is 9.24. The number of Topliss-reactive ketones (excluding diaryl/α,β-unsaturated/α-hetero) is 1. The van der Waals surface area contributed by atoms with Crippen molar-refractivity contribution >= 4 is 44.9 Å². The van der Waals surface area contributed by atoms with Crippen molar-refractivity contribution in [3.05, 3.63) is 27.2 Å². The molecule has 0 spiro atoms. The average molecular weight is 289 g/mol. The quantitative estimate of drug-likeness (QED) is 0.736. The van der Waals surface area contributed by atoms with Gasteiger partial charge in [-0.25, -0.2) is 0 Å². The van der Waals surface area contributed by atoms with Gasteiger partial charge in [0, 0.05) is 11.4 Å². The molecule has 0 radical (unpaired) electrons. The van der Waals surface area contributed by atoms with Crippen molar-refractivity contribution in [3.63, 3.8) is 0 Å². The highest BCUT2D eigenvalue weighted by Gasteiger charge is 2.31. The van der Waals surface area contributed by atoms with Crippen molar-refractivity contribution in [1.29, 1.82) is 0 Å². The third kappa shape index (κ3) is 1.58. The van der Waals surface area contributed by atoms with Crippen molar-refractivity contribution in [2.45, 2.75) is 6.92 Å². The zero-order chi connectivity index (χ0) is 11.2. The second-order valence-corrected chi connectivity index (χ2v) is 4.52. The van der Waals surface area contributed by atoms with Crippen LogP contribution in [0, 0.1) is 0 Å². The van der Waals surface area contributed by atoms with Gasteiger partial charge in [-0.15, -0.1) is 0 Å². The minimum atomic E-state index is -0.152. The highest BCUT2D eigenvalue weighted by atomic mass is 79.9. The maximum Gasteiger partial charge on any atom is 0.224 e. The van der Waals surface area contributed by atoms with Gasteiger partial charge in [-0.1, -0.05) is 11.6 Å². The number of benzene rings is 1. The first kappa shape index (κ1) is 10.6. The SMILES string of the molecule is CC(=O)N1CC(=O)c2c1ccc(Br)c2Cl. The van der Waals surface area contributed by atoms with E-state index < -0.39 is 0 Å². The van der Waals surface area contributed by atoms with Gasteiger partial charge in [-0.2, -0.15) is 0 Å². The van der Waals surface area contributed by atoms with E-state index in [0.29, 0.717) is 20.7 Å². The highest BCUT2D eigenvalue weighted by molar-refractivity contribution is 9.10. The summed E-state index contributed by atoms with van der Waals surface area (Å²) in [5.74, 6) is -0.271. The van der Waals surface area contributed by atoms with Gasteiger partial charge >= 0.3 is 0 Å². The molecule has 15 heavy (non-hydrogen) atoms. The number of halogens is 2. The lowest BCUT2D eigenvalue weighted by Gasteiger charge is -2.13. The molecule has 0 unspecified atom stereocenters. The maximum atomic E-state index is 11.7. The first-order valence-corrected chi connectivity index (χ1v) is 5.48. The molecule has 1 amide bonds. The van der Waals surface area contributed by atoms with Crippen molar-refractivity contribution in [2.75, 3.05) is 11.4 Å². The minimum Gasteiger partial charge on any atom is -0.304 e. The maximum absolute atomic E-state index is 11.7. The number of anilines is 1. The van der Waals surface area contributed by atoms with Crippen LogP contribution in [0.1, 0.15) is 17.3 Å². The van der Waals surface area contributed by atoms with E-state index in [1.54, 1.807) is 12.1 Å². The van der Waals surface area contributed by atoms with E-state index in [4.69, 9.17) is 11.6 Å². The molecule has 2 rings (SSSR count). The summed E-state index contributed by atoms with van der Waals surface area (Å²) in [7, 11) is 0. The summed E-state index contributed by atoms with van der Waals surface area (Å²) in [5, 5.41) is 0.376. The molecule has 1 aliphatic heterocycles. The zero-order valence-corrected chi connectivity index (χ0v) is 10.2. The number of carbonyl (C=O) groups is 2. The Morgan fingerprint density at radius 2 is 2.20 bits per heavy atom. The fourth-order valence-electron chi connectivity index (χ4n) is 1.62. The van der Waals surface area contributed by atoms with Gasteiger partial charge in [-0.3, -0.25) is 9.59 Å². The van der Waals surface area contributed by atoms with E-state index in [0.717, 1.165) is 0 Å². The number of carbonyl (C=O) groups excluding carboxylic acids is 2. The van der Waals surface area contributed by atoms with E-state index in [1.165, 1.54) is 11.8 Å². The van der Waals surface area contributed by atoms with Crippen LogP contribution in [-0.2, 0) is 4.79 Å². The van der Waals surface area contributed by atoms with E-state index in [-0.39, 0.29) is 18.2 Å². The standard InChI is InChI=1S/C10H7BrClNO2/c1-5(14)13-4-8(15)9-7(13)3-2-6(11)10(9)12/h2-3H,4H2,1H3. The fourth-order valence-corrected chi connectivity index (χ4v) is 2.22. The summed E-state index contributed by atoms with van der Waals surface area (Å²) in [4.78, 5) is 24.4. The van der Waals surface area contributed by atoms with Crippen molar-refractivity contribution in [1.82, 2.24) is 0 Å². The minimum absolute atomic E-state index is 0.0842. The molecule has 1 aromatic rings. The van der Waals surface area contributed by atoms with Crippen LogP contribution in [0.4, 0.5) is 5.69 Å². The highest BCUT2D eigenvalue weighted by Crippen LogP contribution is 2.37. The van der Waals surface area contributed by atoms with E-state index in [1.807, 2.05) is 0 Å². The van der Waals surface area contributed by atoms with Crippen LogP contribution in [0.2, 0.25) is 5.02 Å². The number of fused-ring (bicyclic) bond motifs is 1. The van der Waals surface area contributed by atoms with E-state index in [9.17, 15) is 9.59 Å². The lowest BCUT2D eigenvalue weighted by molar-refractivity contribution is -0.116. The van der Waals surface area contributed by atoms with E-state index in [2.05, 4.69) is 15.9 Å². The van der Waals surface area contributed by atoms with Crippen LogP contribution in [0.5, 0.6) is 0 Å². The molecule has 5 heteroatoms. The number of nitrogens with zero attached hydrogens (tertiary/aromatic N) is 1. The van der Waals surface area contributed by atoms with Gasteiger partial charge in [0.2, 0.25) is 5.91 Å². The van der Waals surface area contributed by atoms with Gasteiger partial charge in [0.1, 0.15) is 0 Å². The van der Waals surface area contributed by atoms with Crippen LogP contribution in [0.15, 0.2) is 16.6 Å². The molecule has 78 valence electrons. The molecule has 0 saturated carbocycles. The molecule has 1 aliphatic rings. The third-order valence-corrected chi connectivity index (χ3v) is 3.61. The predicted molar refractivity (Wildman–Crippen MR) is 61.5 cm³/mol. The van der Waals surface area contributed by atoms with Crippen LogP contribution in [0.3, 0.4) is 0 Å². The Bertz CT molecular complexity index is 473. The van der Waals surface area contributed by atoms with Crippen LogP contribution in [-0.4, -0.2) is 18.2 Å². The number of rotatable bonds is 0. The molecule has 0 aromatic heterocycles. The molecule has 1 heterocycles. The summed E-state index contributed by atoms with van der Waals surface area (Å²) in [5.41, 5.74) is 1.03. The topological polar surface area (TPSA) is 37.4 Å². The smallest absolute Gasteiger partial charge is 0.224 e. The van der Waals surface area contributed by atoms with Crippen molar-refractivity contribution in [2.24, 2.45) is 0 Å².